The molecular weight excluding hydrogens is 368 g/mol. The summed E-state index contributed by atoms with van der Waals surface area (Å²) in [5, 5.41) is 0. The van der Waals surface area contributed by atoms with Gasteiger partial charge in [-0.1, -0.05) is 28.1 Å². The molecule has 0 radical (unpaired) electrons. The van der Waals surface area contributed by atoms with Crippen LogP contribution in [0.4, 0.5) is 4.79 Å². The Kier molecular flexibility index (Phi) is 5.97. The van der Waals surface area contributed by atoms with E-state index in [0.717, 1.165) is 19.6 Å². The van der Waals surface area contributed by atoms with Gasteiger partial charge in [0.15, 0.2) is 0 Å². The summed E-state index contributed by atoms with van der Waals surface area (Å²) in [4.78, 5) is 16.6. The molecule has 1 saturated heterocycles. The van der Waals surface area contributed by atoms with Gasteiger partial charge in [0.05, 0.1) is 0 Å². The zero-order valence-electron chi connectivity index (χ0n) is 15.6. The number of nitrogens with zero attached hydrogens (tertiary/aromatic N) is 2. The van der Waals surface area contributed by atoms with Crippen molar-refractivity contribution >= 4 is 22.0 Å². The molecule has 1 heterocycles. The smallest absolute Gasteiger partial charge is 0.410 e. The van der Waals surface area contributed by atoms with Gasteiger partial charge >= 0.3 is 6.09 Å². The van der Waals surface area contributed by atoms with Crippen molar-refractivity contribution in [2.45, 2.75) is 59.7 Å². The van der Waals surface area contributed by atoms with Gasteiger partial charge in [-0.25, -0.2) is 4.79 Å². The lowest BCUT2D eigenvalue weighted by molar-refractivity contribution is 0.000563. The van der Waals surface area contributed by atoms with E-state index >= 15 is 0 Å². The van der Waals surface area contributed by atoms with Gasteiger partial charge in [-0.05, 0) is 58.2 Å². The third-order valence-corrected chi connectivity index (χ3v) is 5.49. The molecule has 4 nitrogen and oxygen atoms in total. The highest BCUT2D eigenvalue weighted by molar-refractivity contribution is 9.10. The maximum Gasteiger partial charge on any atom is 0.410 e. The number of hydrogen-bond acceptors (Lipinski definition) is 3. The van der Waals surface area contributed by atoms with Gasteiger partial charge < -0.3 is 9.64 Å². The zero-order chi connectivity index (χ0) is 18.1. The minimum Gasteiger partial charge on any atom is -0.444 e. The summed E-state index contributed by atoms with van der Waals surface area (Å²) in [6.45, 7) is 15.4. The number of benzene rings is 1. The van der Waals surface area contributed by atoms with Crippen molar-refractivity contribution in [1.29, 1.82) is 0 Å². The van der Waals surface area contributed by atoms with Crippen LogP contribution in [0.15, 0.2) is 16.6 Å². The number of aryl methyl sites for hydroxylation is 2. The molecule has 2 rings (SSSR count). The number of hydrogen-bond donors (Lipinski definition) is 0. The van der Waals surface area contributed by atoms with Crippen LogP contribution in [0.1, 0.15) is 44.4 Å². The van der Waals surface area contributed by atoms with Crippen LogP contribution in [0, 0.1) is 13.8 Å². The highest BCUT2D eigenvalue weighted by Gasteiger charge is 2.30. The monoisotopic (exact) mass is 396 g/mol. The summed E-state index contributed by atoms with van der Waals surface area (Å²) in [6.07, 6.45) is -0.204. The van der Waals surface area contributed by atoms with Crippen LogP contribution in [-0.2, 0) is 11.3 Å². The fourth-order valence-electron chi connectivity index (χ4n) is 3.15. The molecule has 134 valence electrons. The number of ether oxygens (including phenoxy) is 1. The zero-order valence-corrected chi connectivity index (χ0v) is 17.2. The SMILES string of the molecule is Cc1cc(CN2CCN(C(=O)OC(C)(C)C)[C@H](C)C2)cc(C)c1Br. The second-order valence-electron chi connectivity index (χ2n) is 7.80. The summed E-state index contributed by atoms with van der Waals surface area (Å²) in [5.74, 6) is 0. The molecule has 1 aliphatic rings. The summed E-state index contributed by atoms with van der Waals surface area (Å²) in [5.41, 5.74) is 3.42. The standard InChI is InChI=1S/C19H29BrN2O2/c1-13-9-16(10-14(2)17(13)20)12-21-7-8-22(15(3)11-21)18(23)24-19(4,5)6/h9-10,15H,7-8,11-12H2,1-6H3/t15-/m1/s1. The molecule has 1 aromatic carbocycles. The molecule has 0 N–H and O–H groups in total. The van der Waals surface area contributed by atoms with E-state index in [9.17, 15) is 4.79 Å². The average molecular weight is 397 g/mol. The lowest BCUT2D eigenvalue weighted by atomic mass is 10.1. The van der Waals surface area contributed by atoms with Gasteiger partial charge in [-0.2, -0.15) is 0 Å². The number of amides is 1. The Hall–Kier alpha value is -1.07. The minimum atomic E-state index is -0.444. The van der Waals surface area contributed by atoms with Gasteiger partial charge in [-0.15, -0.1) is 0 Å². The number of rotatable bonds is 2. The molecule has 5 heteroatoms. The molecule has 0 bridgehead atoms. The Morgan fingerprint density at radius 3 is 2.33 bits per heavy atom. The molecule has 0 aromatic heterocycles. The molecule has 24 heavy (non-hydrogen) atoms. The second-order valence-corrected chi connectivity index (χ2v) is 8.59. The molecule has 0 spiro atoms. The topological polar surface area (TPSA) is 32.8 Å². The van der Waals surface area contributed by atoms with E-state index in [0.29, 0.717) is 6.54 Å². The van der Waals surface area contributed by atoms with Crippen LogP contribution in [0.2, 0.25) is 0 Å². The lowest BCUT2D eigenvalue weighted by Gasteiger charge is -2.40. The Labute approximate surface area is 154 Å². The predicted octanol–water partition coefficient (Wildman–Crippen LogP) is 4.51. The highest BCUT2D eigenvalue weighted by atomic mass is 79.9. The minimum absolute atomic E-state index is 0.159. The quantitative estimate of drug-likeness (QED) is 0.736. The molecular formula is C19H29BrN2O2. The second kappa shape index (κ2) is 7.44. The van der Waals surface area contributed by atoms with Crippen LogP contribution in [0.5, 0.6) is 0 Å². The first-order chi connectivity index (χ1) is 11.1. The van der Waals surface area contributed by atoms with E-state index in [4.69, 9.17) is 4.74 Å². The van der Waals surface area contributed by atoms with Crippen molar-refractivity contribution < 1.29 is 9.53 Å². The van der Waals surface area contributed by atoms with Crippen molar-refractivity contribution in [2.75, 3.05) is 19.6 Å². The number of piperazine rings is 1. The first-order valence-electron chi connectivity index (χ1n) is 8.54. The van der Waals surface area contributed by atoms with Crippen molar-refractivity contribution in [3.8, 4) is 0 Å². The van der Waals surface area contributed by atoms with Crippen LogP contribution in [0.25, 0.3) is 0 Å². The third kappa shape index (κ3) is 4.96. The van der Waals surface area contributed by atoms with Crippen LogP contribution >= 0.6 is 15.9 Å². The fourth-order valence-corrected chi connectivity index (χ4v) is 3.38. The Morgan fingerprint density at radius 1 is 1.25 bits per heavy atom. The number of halogens is 1. The Bertz CT molecular complexity index is 587. The van der Waals surface area contributed by atoms with Gasteiger partial charge in [0.1, 0.15) is 5.60 Å². The van der Waals surface area contributed by atoms with Crippen LogP contribution in [0.3, 0.4) is 0 Å². The molecule has 1 aliphatic heterocycles. The normalized spacial score (nSPS) is 19.5. The van der Waals surface area contributed by atoms with Gasteiger partial charge in [0, 0.05) is 36.7 Å². The van der Waals surface area contributed by atoms with Gasteiger partial charge in [0.25, 0.3) is 0 Å². The first kappa shape index (κ1) is 19.3. The van der Waals surface area contributed by atoms with Crippen LogP contribution in [-0.4, -0.2) is 47.2 Å². The number of carbonyl (C=O) groups is 1. The fraction of sp³-hybridized carbons (Fsp3) is 0.632. The molecule has 0 unspecified atom stereocenters. The molecule has 1 fully saturated rings. The summed E-state index contributed by atoms with van der Waals surface area (Å²) < 4.78 is 6.70. The van der Waals surface area contributed by atoms with E-state index in [1.807, 2.05) is 25.7 Å². The van der Waals surface area contributed by atoms with E-state index in [1.165, 1.54) is 21.2 Å². The van der Waals surface area contributed by atoms with Crippen molar-refractivity contribution in [2.24, 2.45) is 0 Å². The Balaban J connectivity index is 1.97. The summed E-state index contributed by atoms with van der Waals surface area (Å²) >= 11 is 3.62. The summed E-state index contributed by atoms with van der Waals surface area (Å²) in [7, 11) is 0. The molecule has 1 aromatic rings. The largest absolute Gasteiger partial charge is 0.444 e. The number of carbonyl (C=O) groups excluding carboxylic acids is 1. The molecule has 1 amide bonds. The summed E-state index contributed by atoms with van der Waals surface area (Å²) in [6, 6.07) is 4.63. The van der Waals surface area contributed by atoms with Gasteiger partial charge in [-0.3, -0.25) is 4.90 Å². The van der Waals surface area contributed by atoms with Crippen LogP contribution < -0.4 is 0 Å². The van der Waals surface area contributed by atoms with Crippen molar-refractivity contribution in [3.05, 3.63) is 33.3 Å². The predicted molar refractivity (Wildman–Crippen MR) is 101 cm³/mol. The maximum absolute atomic E-state index is 12.3. The lowest BCUT2D eigenvalue weighted by Crippen LogP contribution is -2.54. The van der Waals surface area contributed by atoms with E-state index in [2.05, 4.69) is 53.7 Å². The maximum atomic E-state index is 12.3. The van der Waals surface area contributed by atoms with E-state index < -0.39 is 5.60 Å². The average Bonchev–Trinajstić information content (AvgIpc) is 2.42. The Morgan fingerprint density at radius 2 is 1.83 bits per heavy atom. The van der Waals surface area contributed by atoms with Gasteiger partial charge in [0.2, 0.25) is 0 Å². The third-order valence-electron chi connectivity index (χ3n) is 4.24. The molecule has 0 aliphatic carbocycles. The van der Waals surface area contributed by atoms with Crippen molar-refractivity contribution in [3.63, 3.8) is 0 Å². The molecule has 0 saturated carbocycles. The molecule has 1 atom stereocenters. The first-order valence-corrected chi connectivity index (χ1v) is 9.33. The highest BCUT2D eigenvalue weighted by Crippen LogP contribution is 2.24. The van der Waals surface area contributed by atoms with E-state index in [-0.39, 0.29) is 12.1 Å². The van der Waals surface area contributed by atoms with Crippen molar-refractivity contribution in [1.82, 2.24) is 9.80 Å². The van der Waals surface area contributed by atoms with E-state index in [1.54, 1.807) is 0 Å².